The van der Waals surface area contributed by atoms with Crippen LogP contribution in [0.25, 0.3) is 0 Å². The summed E-state index contributed by atoms with van der Waals surface area (Å²) in [5, 5.41) is 3.45. The van der Waals surface area contributed by atoms with E-state index in [4.69, 9.17) is 4.42 Å². The molecule has 1 aromatic rings. The Morgan fingerprint density at radius 3 is 3.19 bits per heavy atom. The lowest BCUT2D eigenvalue weighted by atomic mass is 9.91. The molecule has 0 amide bonds. The van der Waals surface area contributed by atoms with Crippen LogP contribution >= 0.6 is 0 Å². The van der Waals surface area contributed by atoms with Gasteiger partial charge in [-0.1, -0.05) is 0 Å². The second kappa shape index (κ2) is 4.22. The van der Waals surface area contributed by atoms with Gasteiger partial charge < -0.3 is 9.73 Å². The first-order valence-corrected chi connectivity index (χ1v) is 6.35. The maximum atomic E-state index is 5.56. The van der Waals surface area contributed by atoms with Crippen molar-refractivity contribution in [2.75, 3.05) is 20.1 Å². The fraction of sp³-hybridized carbons (Fsp3) is 0.692. The summed E-state index contributed by atoms with van der Waals surface area (Å²) in [5.41, 5.74) is 1.43. The van der Waals surface area contributed by atoms with Gasteiger partial charge in [-0.05, 0) is 38.9 Å². The van der Waals surface area contributed by atoms with Crippen molar-refractivity contribution in [3.63, 3.8) is 0 Å². The third-order valence-electron chi connectivity index (χ3n) is 4.12. The van der Waals surface area contributed by atoms with Crippen molar-refractivity contribution < 1.29 is 4.42 Å². The van der Waals surface area contributed by atoms with E-state index in [-0.39, 0.29) is 0 Å². The van der Waals surface area contributed by atoms with Gasteiger partial charge in [-0.3, -0.25) is 4.90 Å². The molecule has 2 atom stereocenters. The van der Waals surface area contributed by atoms with E-state index in [9.17, 15) is 0 Å². The highest BCUT2D eigenvalue weighted by atomic mass is 16.3. The van der Waals surface area contributed by atoms with Crippen molar-refractivity contribution in [1.82, 2.24) is 10.2 Å². The topological polar surface area (TPSA) is 28.4 Å². The molecule has 1 N–H and O–H groups in total. The van der Waals surface area contributed by atoms with Crippen LogP contribution in [0.15, 0.2) is 16.7 Å². The highest BCUT2D eigenvalue weighted by Crippen LogP contribution is 2.35. The summed E-state index contributed by atoms with van der Waals surface area (Å²) in [4.78, 5) is 2.55. The van der Waals surface area contributed by atoms with Crippen LogP contribution in [0.3, 0.4) is 0 Å². The minimum absolute atomic E-state index is 0.576. The number of aryl methyl sites for hydroxylation is 1. The minimum Gasteiger partial charge on any atom is -0.469 e. The van der Waals surface area contributed by atoms with Crippen LogP contribution < -0.4 is 5.32 Å². The zero-order valence-electron chi connectivity index (χ0n) is 9.91. The molecule has 3 rings (SSSR count). The molecule has 88 valence electrons. The molecule has 3 heteroatoms. The van der Waals surface area contributed by atoms with Crippen LogP contribution in [-0.2, 0) is 6.42 Å². The Hall–Kier alpha value is -0.800. The van der Waals surface area contributed by atoms with Gasteiger partial charge in [0.2, 0.25) is 0 Å². The third-order valence-corrected chi connectivity index (χ3v) is 4.12. The van der Waals surface area contributed by atoms with Crippen LogP contribution in [0, 0.1) is 0 Å². The Bertz CT molecular complexity index is 355. The SMILES string of the molecule is CN(C1CCNC1)C1CCCc2occc21. The van der Waals surface area contributed by atoms with Gasteiger partial charge in [0, 0.05) is 30.6 Å². The third kappa shape index (κ3) is 1.68. The van der Waals surface area contributed by atoms with Crippen LogP contribution in [0.5, 0.6) is 0 Å². The van der Waals surface area contributed by atoms with Gasteiger partial charge in [-0.15, -0.1) is 0 Å². The summed E-state index contributed by atoms with van der Waals surface area (Å²) < 4.78 is 5.56. The highest BCUT2D eigenvalue weighted by molar-refractivity contribution is 5.24. The number of rotatable bonds is 2. The van der Waals surface area contributed by atoms with Crippen LogP contribution in [0.2, 0.25) is 0 Å². The molecule has 16 heavy (non-hydrogen) atoms. The standard InChI is InChI=1S/C13H20N2O/c1-15(10-5-7-14-9-10)12-3-2-4-13-11(12)6-8-16-13/h6,8,10,12,14H,2-5,7,9H2,1H3. The van der Waals surface area contributed by atoms with Gasteiger partial charge in [0.1, 0.15) is 5.76 Å². The predicted octanol–water partition coefficient (Wildman–Crippen LogP) is 1.95. The lowest BCUT2D eigenvalue weighted by Crippen LogP contribution is -2.37. The molecule has 0 bridgehead atoms. The lowest BCUT2D eigenvalue weighted by Gasteiger charge is -2.34. The monoisotopic (exact) mass is 220 g/mol. The maximum Gasteiger partial charge on any atom is 0.108 e. The molecule has 2 heterocycles. The summed E-state index contributed by atoms with van der Waals surface area (Å²) in [7, 11) is 2.27. The summed E-state index contributed by atoms with van der Waals surface area (Å²) >= 11 is 0. The quantitative estimate of drug-likeness (QED) is 0.825. The van der Waals surface area contributed by atoms with E-state index in [1.54, 1.807) is 0 Å². The predicted molar refractivity (Wildman–Crippen MR) is 63.4 cm³/mol. The number of likely N-dealkylation sites (N-methyl/N-ethyl adjacent to an activating group) is 1. The average Bonchev–Trinajstić information content (AvgIpc) is 2.98. The van der Waals surface area contributed by atoms with E-state index in [2.05, 4.69) is 23.3 Å². The number of hydrogen-bond donors (Lipinski definition) is 1. The molecule has 0 saturated carbocycles. The first kappa shape index (κ1) is 10.4. The fourth-order valence-electron chi connectivity index (χ4n) is 3.13. The summed E-state index contributed by atoms with van der Waals surface area (Å²) in [6, 6.07) is 3.44. The van der Waals surface area contributed by atoms with Gasteiger partial charge >= 0.3 is 0 Å². The van der Waals surface area contributed by atoms with Gasteiger partial charge in [0.25, 0.3) is 0 Å². The first-order valence-electron chi connectivity index (χ1n) is 6.35. The van der Waals surface area contributed by atoms with Gasteiger partial charge in [-0.25, -0.2) is 0 Å². The zero-order chi connectivity index (χ0) is 11.0. The van der Waals surface area contributed by atoms with Crippen LogP contribution in [-0.4, -0.2) is 31.1 Å². The molecule has 0 spiro atoms. The molecule has 1 aliphatic carbocycles. The van der Waals surface area contributed by atoms with Crippen molar-refractivity contribution in [3.05, 3.63) is 23.7 Å². The average molecular weight is 220 g/mol. The van der Waals surface area contributed by atoms with Gasteiger partial charge in [0.05, 0.1) is 6.26 Å². The fourth-order valence-corrected chi connectivity index (χ4v) is 3.13. The highest BCUT2D eigenvalue weighted by Gasteiger charge is 2.30. The van der Waals surface area contributed by atoms with Crippen molar-refractivity contribution in [1.29, 1.82) is 0 Å². The van der Waals surface area contributed by atoms with E-state index < -0.39 is 0 Å². The van der Waals surface area contributed by atoms with Gasteiger partial charge in [0.15, 0.2) is 0 Å². The largest absolute Gasteiger partial charge is 0.469 e. The lowest BCUT2D eigenvalue weighted by molar-refractivity contribution is 0.164. The minimum atomic E-state index is 0.576. The Morgan fingerprint density at radius 1 is 1.44 bits per heavy atom. The zero-order valence-corrected chi connectivity index (χ0v) is 9.91. The van der Waals surface area contributed by atoms with Crippen molar-refractivity contribution in [2.45, 2.75) is 37.8 Å². The molecular formula is C13H20N2O. The summed E-state index contributed by atoms with van der Waals surface area (Å²) in [6.07, 6.45) is 6.79. The van der Waals surface area contributed by atoms with Crippen LogP contribution in [0.4, 0.5) is 0 Å². The molecule has 1 aliphatic heterocycles. The summed E-state index contributed by atoms with van der Waals surface area (Å²) in [5.74, 6) is 1.22. The van der Waals surface area contributed by atoms with E-state index in [1.165, 1.54) is 37.1 Å². The summed E-state index contributed by atoms with van der Waals surface area (Å²) in [6.45, 7) is 2.31. The molecule has 2 aliphatic rings. The van der Waals surface area contributed by atoms with Crippen molar-refractivity contribution >= 4 is 0 Å². The second-order valence-electron chi connectivity index (χ2n) is 5.02. The number of nitrogens with zero attached hydrogens (tertiary/aromatic N) is 1. The molecule has 0 radical (unpaired) electrons. The number of hydrogen-bond acceptors (Lipinski definition) is 3. The molecule has 1 aromatic heterocycles. The molecule has 1 saturated heterocycles. The molecule has 2 unspecified atom stereocenters. The normalized spacial score (nSPS) is 29.6. The molecule has 1 fully saturated rings. The molecule has 3 nitrogen and oxygen atoms in total. The van der Waals surface area contributed by atoms with Gasteiger partial charge in [-0.2, -0.15) is 0 Å². The number of furan rings is 1. The van der Waals surface area contributed by atoms with Crippen molar-refractivity contribution in [3.8, 4) is 0 Å². The van der Waals surface area contributed by atoms with E-state index in [0.29, 0.717) is 12.1 Å². The van der Waals surface area contributed by atoms with E-state index in [0.717, 1.165) is 13.0 Å². The smallest absolute Gasteiger partial charge is 0.108 e. The maximum absolute atomic E-state index is 5.56. The Labute approximate surface area is 96.8 Å². The van der Waals surface area contributed by atoms with E-state index >= 15 is 0 Å². The number of nitrogens with one attached hydrogen (secondary N) is 1. The number of fused-ring (bicyclic) bond motifs is 1. The Balaban J connectivity index is 1.80. The molecule has 0 aromatic carbocycles. The van der Waals surface area contributed by atoms with E-state index in [1.807, 2.05) is 6.26 Å². The Morgan fingerprint density at radius 2 is 2.38 bits per heavy atom. The van der Waals surface area contributed by atoms with Crippen molar-refractivity contribution in [2.24, 2.45) is 0 Å². The first-order chi connectivity index (χ1) is 7.86. The Kier molecular flexibility index (Phi) is 2.74. The molecular weight excluding hydrogens is 200 g/mol. The second-order valence-corrected chi connectivity index (χ2v) is 5.02. The van der Waals surface area contributed by atoms with Crippen LogP contribution in [0.1, 0.15) is 36.6 Å².